The maximum atomic E-state index is 6.68. The molecular formula is C54H43NO. The van der Waals surface area contributed by atoms with E-state index in [0.717, 1.165) is 50.5 Å². The van der Waals surface area contributed by atoms with Crippen molar-refractivity contribution >= 4 is 28.0 Å². The second-order valence-corrected chi connectivity index (χ2v) is 15.3. The molecule has 0 aliphatic heterocycles. The van der Waals surface area contributed by atoms with E-state index in [2.05, 4.69) is 226 Å². The lowest BCUT2D eigenvalue weighted by molar-refractivity contribution is 0.568. The average Bonchev–Trinajstić information content (AvgIpc) is 3.66. The summed E-state index contributed by atoms with van der Waals surface area (Å²) in [7, 11) is 0. The lowest BCUT2D eigenvalue weighted by Crippen LogP contribution is -2.12. The quantitative estimate of drug-likeness (QED) is 0.155. The maximum Gasteiger partial charge on any atom is 0.139 e. The van der Waals surface area contributed by atoms with Crippen LogP contribution in [0.1, 0.15) is 26.3 Å². The number of hydrogen-bond donors (Lipinski definition) is 0. The molecule has 0 fully saturated rings. The maximum absolute atomic E-state index is 6.68. The number of fused-ring (bicyclic) bond motifs is 1. The minimum Gasteiger partial charge on any atom is -0.456 e. The van der Waals surface area contributed by atoms with Crippen molar-refractivity contribution < 1.29 is 4.42 Å². The second kappa shape index (κ2) is 14.7. The van der Waals surface area contributed by atoms with E-state index in [0.29, 0.717) is 0 Å². The third-order valence-corrected chi connectivity index (χ3v) is 10.6. The predicted molar refractivity (Wildman–Crippen MR) is 237 cm³/mol. The number of nitrogens with zero attached hydrogens (tertiary/aromatic N) is 1. The van der Waals surface area contributed by atoms with Crippen LogP contribution in [0.15, 0.2) is 211 Å². The summed E-state index contributed by atoms with van der Waals surface area (Å²) in [5.41, 5.74) is 15.8. The van der Waals surface area contributed by atoms with E-state index in [1.807, 2.05) is 6.07 Å². The summed E-state index contributed by atoms with van der Waals surface area (Å²) in [4.78, 5) is 2.38. The van der Waals surface area contributed by atoms with E-state index in [-0.39, 0.29) is 5.41 Å². The Balaban J connectivity index is 1.19. The number of anilines is 3. The van der Waals surface area contributed by atoms with Crippen LogP contribution in [0.5, 0.6) is 0 Å². The van der Waals surface area contributed by atoms with Crippen LogP contribution < -0.4 is 4.90 Å². The number of furan rings is 1. The van der Waals surface area contributed by atoms with Crippen LogP contribution in [0, 0.1) is 0 Å². The average molecular weight is 722 g/mol. The fourth-order valence-electron chi connectivity index (χ4n) is 8.08. The molecule has 9 rings (SSSR count). The minimum absolute atomic E-state index is 0.120. The Labute approximate surface area is 330 Å². The van der Waals surface area contributed by atoms with Crippen LogP contribution in [0.2, 0.25) is 0 Å². The Morgan fingerprint density at radius 2 is 0.857 bits per heavy atom. The summed E-state index contributed by atoms with van der Waals surface area (Å²) in [6.07, 6.45) is 0. The van der Waals surface area contributed by atoms with Crippen LogP contribution in [-0.4, -0.2) is 0 Å². The smallest absolute Gasteiger partial charge is 0.139 e. The van der Waals surface area contributed by atoms with E-state index in [9.17, 15) is 0 Å². The molecule has 0 saturated heterocycles. The molecule has 8 aromatic carbocycles. The van der Waals surface area contributed by atoms with Gasteiger partial charge >= 0.3 is 0 Å². The topological polar surface area (TPSA) is 16.4 Å². The molecule has 56 heavy (non-hydrogen) atoms. The minimum atomic E-state index is -0.120. The molecule has 2 nitrogen and oxygen atoms in total. The largest absolute Gasteiger partial charge is 0.456 e. The van der Waals surface area contributed by atoms with Crippen molar-refractivity contribution in [3.63, 3.8) is 0 Å². The molecule has 270 valence electrons. The van der Waals surface area contributed by atoms with Crippen LogP contribution in [0.25, 0.3) is 66.8 Å². The normalized spacial score (nSPS) is 11.5. The molecule has 0 bridgehead atoms. The summed E-state index contributed by atoms with van der Waals surface area (Å²) in [5.74, 6) is 0.916. The van der Waals surface area contributed by atoms with Gasteiger partial charge in [-0.05, 0) is 80.8 Å². The van der Waals surface area contributed by atoms with Crippen molar-refractivity contribution in [1.29, 1.82) is 0 Å². The van der Waals surface area contributed by atoms with Crippen LogP contribution in [-0.2, 0) is 5.41 Å². The number of hydrogen-bond acceptors (Lipinski definition) is 2. The van der Waals surface area contributed by atoms with Crippen molar-refractivity contribution in [2.24, 2.45) is 0 Å². The van der Waals surface area contributed by atoms with Gasteiger partial charge < -0.3 is 9.32 Å². The first-order valence-corrected chi connectivity index (χ1v) is 19.4. The van der Waals surface area contributed by atoms with Gasteiger partial charge in [0.15, 0.2) is 0 Å². The van der Waals surface area contributed by atoms with Gasteiger partial charge in [-0.25, -0.2) is 0 Å². The van der Waals surface area contributed by atoms with Gasteiger partial charge in [-0.2, -0.15) is 0 Å². The Kier molecular flexibility index (Phi) is 9.17. The summed E-state index contributed by atoms with van der Waals surface area (Å²) in [6.45, 7) is 6.79. The van der Waals surface area contributed by atoms with Gasteiger partial charge in [0.2, 0.25) is 0 Å². The standard InChI is InChI=1S/C54H43NO/c1-54(2,3)52-49-30-15-17-32-51(49)56-53(52)41-23-18-24-43(37-41)55(50-31-16-14-27-46(50)39-21-8-5-9-22-39)42-35-33-40(34-36-42)45-26-11-13-29-48(45)47-28-12-10-25-44(47)38-19-6-4-7-20-38/h4-37H,1-3H3. The Morgan fingerprint density at radius 3 is 1.48 bits per heavy atom. The zero-order chi connectivity index (χ0) is 38.1. The third-order valence-electron chi connectivity index (χ3n) is 10.6. The molecule has 1 heterocycles. The van der Waals surface area contributed by atoms with E-state index < -0.39 is 0 Å². The number of para-hydroxylation sites is 2. The van der Waals surface area contributed by atoms with Gasteiger partial charge in [-0.3, -0.25) is 0 Å². The molecule has 1 aromatic heterocycles. The molecular weight excluding hydrogens is 679 g/mol. The molecule has 0 saturated carbocycles. The van der Waals surface area contributed by atoms with Gasteiger partial charge in [0, 0.05) is 33.5 Å². The fraction of sp³-hybridized carbons (Fsp3) is 0.0741. The molecule has 9 aromatic rings. The summed E-state index contributed by atoms with van der Waals surface area (Å²) in [6, 6.07) is 73.7. The van der Waals surface area contributed by atoms with E-state index in [4.69, 9.17) is 4.42 Å². The van der Waals surface area contributed by atoms with Gasteiger partial charge in [0.1, 0.15) is 11.3 Å². The highest BCUT2D eigenvalue weighted by atomic mass is 16.3. The number of benzene rings is 8. The first-order chi connectivity index (χ1) is 27.4. The lowest BCUT2D eigenvalue weighted by Gasteiger charge is -2.28. The predicted octanol–water partition coefficient (Wildman–Crippen LogP) is 15.5. The molecule has 2 heteroatoms. The highest BCUT2D eigenvalue weighted by Gasteiger charge is 2.27. The fourth-order valence-corrected chi connectivity index (χ4v) is 8.08. The zero-order valence-electron chi connectivity index (χ0n) is 32.0. The molecule has 0 aliphatic carbocycles. The van der Waals surface area contributed by atoms with Crippen LogP contribution >= 0.6 is 0 Å². The van der Waals surface area contributed by atoms with Gasteiger partial charge in [-0.15, -0.1) is 0 Å². The SMILES string of the molecule is CC(C)(C)c1c(-c2cccc(N(c3ccc(-c4ccccc4-c4ccccc4-c4ccccc4)cc3)c3ccccc3-c3ccccc3)c2)oc2ccccc12. The Bertz CT molecular complexity index is 2770. The first-order valence-electron chi connectivity index (χ1n) is 19.4. The van der Waals surface area contributed by atoms with Crippen molar-refractivity contribution in [2.75, 3.05) is 4.90 Å². The van der Waals surface area contributed by atoms with Gasteiger partial charge in [-0.1, -0.05) is 191 Å². The molecule has 0 N–H and O–H groups in total. The Hall–Kier alpha value is -6.90. The first kappa shape index (κ1) is 34.8. The lowest BCUT2D eigenvalue weighted by atomic mass is 9.83. The molecule has 0 spiro atoms. The van der Waals surface area contributed by atoms with Crippen LogP contribution in [0.3, 0.4) is 0 Å². The van der Waals surface area contributed by atoms with Crippen molar-refractivity contribution in [2.45, 2.75) is 26.2 Å². The second-order valence-electron chi connectivity index (χ2n) is 15.3. The highest BCUT2D eigenvalue weighted by molar-refractivity contribution is 5.94. The van der Waals surface area contributed by atoms with E-state index >= 15 is 0 Å². The Morgan fingerprint density at radius 1 is 0.375 bits per heavy atom. The summed E-state index contributed by atoms with van der Waals surface area (Å²) in [5, 5.41) is 1.16. The summed E-state index contributed by atoms with van der Waals surface area (Å²) < 4.78 is 6.68. The van der Waals surface area contributed by atoms with Crippen molar-refractivity contribution in [1.82, 2.24) is 0 Å². The highest BCUT2D eigenvalue weighted by Crippen LogP contribution is 2.46. The van der Waals surface area contributed by atoms with Crippen molar-refractivity contribution in [3.8, 4) is 55.8 Å². The van der Waals surface area contributed by atoms with E-state index in [1.54, 1.807) is 0 Å². The molecule has 0 amide bonds. The molecule has 0 aliphatic rings. The van der Waals surface area contributed by atoms with Gasteiger partial charge in [0.25, 0.3) is 0 Å². The zero-order valence-corrected chi connectivity index (χ0v) is 32.0. The third kappa shape index (κ3) is 6.61. The number of rotatable bonds is 8. The van der Waals surface area contributed by atoms with E-state index in [1.165, 1.54) is 38.9 Å². The monoisotopic (exact) mass is 721 g/mol. The molecule has 0 unspecified atom stereocenters. The molecule has 0 atom stereocenters. The van der Waals surface area contributed by atoms with Crippen LogP contribution in [0.4, 0.5) is 17.1 Å². The summed E-state index contributed by atoms with van der Waals surface area (Å²) >= 11 is 0. The molecule has 0 radical (unpaired) electrons. The van der Waals surface area contributed by atoms with Crippen molar-refractivity contribution in [3.05, 3.63) is 212 Å². The van der Waals surface area contributed by atoms with Gasteiger partial charge in [0.05, 0.1) is 5.69 Å².